The summed E-state index contributed by atoms with van der Waals surface area (Å²) in [7, 11) is 1.92. The van der Waals surface area contributed by atoms with Gasteiger partial charge >= 0.3 is 11.9 Å². The summed E-state index contributed by atoms with van der Waals surface area (Å²) >= 11 is 0. The van der Waals surface area contributed by atoms with Crippen molar-refractivity contribution in [2.45, 2.75) is 195 Å². The highest BCUT2D eigenvalue weighted by Gasteiger charge is 2.12. The highest BCUT2D eigenvalue weighted by atomic mass is 16.5. The van der Waals surface area contributed by atoms with Gasteiger partial charge in [0.15, 0.2) is 11.5 Å². The molecule has 0 saturated carbocycles. The molecular weight excluding hydrogens is 650 g/mol. The Morgan fingerprint density at radius 2 is 0.942 bits per heavy atom. The highest BCUT2D eigenvalue weighted by Crippen LogP contribution is 2.31. The summed E-state index contributed by atoms with van der Waals surface area (Å²) in [6.07, 6.45) is 28.7. The van der Waals surface area contributed by atoms with Gasteiger partial charge in [-0.3, -0.25) is 9.59 Å². The van der Waals surface area contributed by atoms with E-state index in [4.69, 9.17) is 18.9 Å². The summed E-state index contributed by atoms with van der Waals surface area (Å²) in [5, 5.41) is 3.21. The molecule has 302 valence electrons. The van der Waals surface area contributed by atoms with Crippen molar-refractivity contribution in [3.8, 4) is 11.5 Å². The second-order valence-electron chi connectivity index (χ2n) is 15.0. The number of hydrogen-bond acceptors (Lipinski definition) is 7. The van der Waals surface area contributed by atoms with Gasteiger partial charge in [0, 0.05) is 31.6 Å². The van der Waals surface area contributed by atoms with Gasteiger partial charge in [-0.15, -0.1) is 0 Å². The Kier molecular flexibility index (Phi) is 31.4. The molecule has 0 aliphatic rings. The molecule has 0 aliphatic heterocycles. The van der Waals surface area contributed by atoms with E-state index >= 15 is 0 Å². The number of carbonyl (C=O) groups excluding carboxylic acids is 2. The van der Waals surface area contributed by atoms with Crippen LogP contribution in [0.2, 0.25) is 0 Å². The predicted octanol–water partition coefficient (Wildman–Crippen LogP) is 13.0. The van der Waals surface area contributed by atoms with Crippen LogP contribution in [0.4, 0.5) is 5.69 Å². The molecule has 0 bridgehead atoms. The monoisotopic (exact) mass is 732 g/mol. The normalized spacial score (nSPS) is 12.3. The smallest absolute Gasteiger partial charge is 0.305 e. The molecule has 7 nitrogen and oxygen atoms in total. The van der Waals surface area contributed by atoms with Crippen molar-refractivity contribution in [3.63, 3.8) is 0 Å². The molecule has 52 heavy (non-hydrogen) atoms. The van der Waals surface area contributed by atoms with Crippen LogP contribution < -0.4 is 14.8 Å². The maximum atomic E-state index is 12.1. The number of ether oxygens (including phenoxy) is 4. The number of nitrogens with one attached hydrogen (secondary N) is 1. The maximum absolute atomic E-state index is 12.1. The Morgan fingerprint density at radius 1 is 0.538 bits per heavy atom. The Morgan fingerprint density at radius 3 is 1.35 bits per heavy atom. The van der Waals surface area contributed by atoms with Crippen LogP contribution in [0.5, 0.6) is 11.5 Å². The molecular formula is C45H81NO6. The molecule has 0 amide bonds. The predicted molar refractivity (Wildman–Crippen MR) is 219 cm³/mol. The van der Waals surface area contributed by atoms with Crippen molar-refractivity contribution in [1.29, 1.82) is 0 Å². The van der Waals surface area contributed by atoms with E-state index in [0.717, 1.165) is 87.8 Å². The van der Waals surface area contributed by atoms with Crippen LogP contribution in [-0.4, -0.2) is 45.4 Å². The number of hydrogen-bond donors (Lipinski definition) is 1. The number of esters is 2. The molecule has 0 spiro atoms. The minimum Gasteiger partial charge on any atom is -0.490 e. The van der Waals surface area contributed by atoms with Gasteiger partial charge in [0.1, 0.15) is 0 Å². The van der Waals surface area contributed by atoms with Gasteiger partial charge in [-0.05, 0) is 62.5 Å². The molecule has 1 N–H and O–H groups in total. The van der Waals surface area contributed by atoms with Crippen LogP contribution in [0.25, 0.3) is 0 Å². The van der Waals surface area contributed by atoms with E-state index in [9.17, 15) is 9.59 Å². The lowest BCUT2D eigenvalue weighted by Crippen LogP contribution is -2.13. The third kappa shape index (κ3) is 26.3. The van der Waals surface area contributed by atoms with E-state index in [1.54, 1.807) is 0 Å². The zero-order valence-corrected chi connectivity index (χ0v) is 34.5. The summed E-state index contributed by atoms with van der Waals surface area (Å²) in [4.78, 5) is 24.1. The van der Waals surface area contributed by atoms with E-state index in [2.05, 4.69) is 33.0 Å². The molecule has 0 heterocycles. The van der Waals surface area contributed by atoms with Gasteiger partial charge in [-0.25, -0.2) is 0 Å². The molecule has 0 aromatic heterocycles. The van der Waals surface area contributed by atoms with Crippen LogP contribution in [-0.2, 0) is 19.1 Å². The fourth-order valence-corrected chi connectivity index (χ4v) is 6.49. The zero-order chi connectivity index (χ0) is 37.9. The summed E-state index contributed by atoms with van der Waals surface area (Å²) in [6, 6.07) is 6.09. The number of carbonyl (C=O) groups is 2. The van der Waals surface area contributed by atoms with Gasteiger partial charge in [0.2, 0.25) is 0 Å². The minimum absolute atomic E-state index is 0.0202. The first-order valence-corrected chi connectivity index (χ1v) is 21.9. The van der Waals surface area contributed by atoms with Gasteiger partial charge in [-0.1, -0.05) is 143 Å². The molecule has 2 unspecified atom stereocenters. The number of rotatable bonds is 37. The van der Waals surface area contributed by atoms with Crippen molar-refractivity contribution in [3.05, 3.63) is 18.2 Å². The Bertz CT molecular complexity index is 985. The Hall–Kier alpha value is -2.44. The molecule has 2 atom stereocenters. The van der Waals surface area contributed by atoms with E-state index in [1.807, 2.05) is 25.2 Å². The molecule has 1 aromatic carbocycles. The van der Waals surface area contributed by atoms with Gasteiger partial charge in [-0.2, -0.15) is 0 Å². The fourth-order valence-electron chi connectivity index (χ4n) is 6.49. The summed E-state index contributed by atoms with van der Waals surface area (Å²) in [5.41, 5.74) is 1.03. The van der Waals surface area contributed by atoms with Gasteiger partial charge in [0.05, 0.1) is 26.4 Å². The second kappa shape index (κ2) is 34.3. The van der Waals surface area contributed by atoms with Crippen molar-refractivity contribution in [2.24, 2.45) is 11.8 Å². The summed E-state index contributed by atoms with van der Waals surface area (Å²) < 4.78 is 23.4. The van der Waals surface area contributed by atoms with Crippen LogP contribution in [0.1, 0.15) is 195 Å². The lowest BCUT2D eigenvalue weighted by molar-refractivity contribution is -0.146. The summed E-state index contributed by atoms with van der Waals surface area (Å²) in [5.74, 6) is 2.65. The largest absolute Gasteiger partial charge is 0.490 e. The minimum atomic E-state index is -0.0205. The zero-order valence-electron chi connectivity index (χ0n) is 34.5. The maximum Gasteiger partial charge on any atom is 0.305 e. The molecule has 0 aliphatic carbocycles. The van der Waals surface area contributed by atoms with E-state index in [0.29, 0.717) is 51.1 Å². The Balaban J connectivity index is 2.07. The highest BCUT2D eigenvalue weighted by molar-refractivity contribution is 5.69. The molecule has 0 fully saturated rings. The SMILES string of the molecule is CCCCC(CC)COC(=O)CCCCCCCCCCOc1ccc(NC)cc1OCCCCCCCCCCC(=O)OCC(CC)CCCC. The number of anilines is 1. The first-order chi connectivity index (χ1) is 25.5. The van der Waals surface area contributed by atoms with Crippen LogP contribution >= 0.6 is 0 Å². The lowest BCUT2D eigenvalue weighted by atomic mass is 10.0. The van der Waals surface area contributed by atoms with Gasteiger partial charge < -0.3 is 24.3 Å². The van der Waals surface area contributed by atoms with Crippen molar-refractivity contribution >= 4 is 17.6 Å². The van der Waals surface area contributed by atoms with Crippen LogP contribution in [0.15, 0.2) is 18.2 Å². The van der Waals surface area contributed by atoms with Crippen molar-refractivity contribution in [2.75, 3.05) is 38.8 Å². The second-order valence-corrected chi connectivity index (χ2v) is 15.0. The van der Waals surface area contributed by atoms with E-state index in [-0.39, 0.29) is 11.9 Å². The average molecular weight is 732 g/mol. The van der Waals surface area contributed by atoms with Crippen LogP contribution in [0, 0.1) is 11.8 Å². The Labute approximate surface area is 320 Å². The number of benzene rings is 1. The van der Waals surface area contributed by atoms with E-state index in [1.165, 1.54) is 83.5 Å². The molecule has 1 aromatic rings. The lowest BCUT2D eigenvalue weighted by Gasteiger charge is -2.14. The van der Waals surface area contributed by atoms with Gasteiger partial charge in [0.25, 0.3) is 0 Å². The third-order valence-electron chi connectivity index (χ3n) is 10.3. The topological polar surface area (TPSA) is 83.1 Å². The molecule has 0 radical (unpaired) electrons. The molecule has 0 saturated heterocycles. The van der Waals surface area contributed by atoms with Crippen molar-refractivity contribution in [1.82, 2.24) is 0 Å². The van der Waals surface area contributed by atoms with Crippen LogP contribution in [0.3, 0.4) is 0 Å². The van der Waals surface area contributed by atoms with E-state index < -0.39 is 0 Å². The first-order valence-electron chi connectivity index (χ1n) is 21.9. The fraction of sp³-hybridized carbons (Fsp3) is 0.822. The standard InChI is InChI=1S/C45H81NO6/c1-6-10-28-39(8-3)37-51-44(47)30-24-20-16-12-14-18-22-26-34-49-42-33-32-41(46-5)36-43(42)50-35-27-23-19-15-13-17-21-25-31-45(48)52-38-40(9-4)29-11-7-2/h32-33,36,39-40,46H,6-31,34-35,37-38H2,1-5H3. The van der Waals surface area contributed by atoms with Crippen molar-refractivity contribution < 1.29 is 28.5 Å². The summed E-state index contributed by atoms with van der Waals surface area (Å²) in [6.45, 7) is 11.4. The third-order valence-corrected chi connectivity index (χ3v) is 10.3. The molecule has 7 heteroatoms. The molecule has 1 rings (SSSR count). The first kappa shape index (κ1) is 47.6. The quantitative estimate of drug-likeness (QED) is 0.0539. The average Bonchev–Trinajstić information content (AvgIpc) is 3.16. The number of unbranched alkanes of at least 4 members (excludes halogenated alkanes) is 16.